The second-order valence-electron chi connectivity index (χ2n) is 7.54. The molecule has 1 aliphatic heterocycles. The third-order valence-electron chi connectivity index (χ3n) is 5.04. The Kier molecular flexibility index (Phi) is 7.84. The Morgan fingerprint density at radius 3 is 2.84 bits per heavy atom. The Hall–Kier alpha value is -2.94. The van der Waals surface area contributed by atoms with Crippen molar-refractivity contribution in [3.05, 3.63) is 59.6 Å². The summed E-state index contributed by atoms with van der Waals surface area (Å²) in [5.74, 6) is -1.87. The monoisotopic (exact) mass is 460 g/mol. The van der Waals surface area contributed by atoms with E-state index in [0.29, 0.717) is 25.1 Å². The number of likely N-dealkylation sites (tertiary alicyclic amines) is 1. The van der Waals surface area contributed by atoms with E-state index in [1.807, 2.05) is 43.5 Å². The first kappa shape index (κ1) is 23.7. The molecule has 9 heteroatoms. The van der Waals surface area contributed by atoms with Crippen LogP contribution in [-0.4, -0.2) is 53.2 Å². The van der Waals surface area contributed by atoms with Gasteiger partial charge in [-0.1, -0.05) is 18.2 Å². The first-order valence-electron chi connectivity index (χ1n) is 10.2. The van der Waals surface area contributed by atoms with E-state index < -0.39 is 12.5 Å². The van der Waals surface area contributed by atoms with Crippen LogP contribution in [0.4, 0.5) is 14.5 Å². The fourth-order valence-electron chi connectivity index (χ4n) is 3.46. The highest BCUT2D eigenvalue weighted by Crippen LogP contribution is 2.27. The summed E-state index contributed by atoms with van der Waals surface area (Å²) in [4.78, 5) is 15.5. The quantitative estimate of drug-likeness (QED) is 0.302. The van der Waals surface area contributed by atoms with Crippen molar-refractivity contribution in [1.29, 1.82) is 5.41 Å². The minimum Gasteiger partial charge on any atom is -0.464 e. The highest BCUT2D eigenvalue weighted by Gasteiger charge is 2.34. The summed E-state index contributed by atoms with van der Waals surface area (Å²) in [6.07, 6.45) is 6.24. The smallest absolute Gasteiger partial charge is 0.265 e. The lowest BCUT2D eigenvalue weighted by atomic mass is 10.0. The largest absolute Gasteiger partial charge is 0.464 e. The van der Waals surface area contributed by atoms with Crippen molar-refractivity contribution in [2.45, 2.75) is 25.7 Å². The number of para-hydroxylation sites is 1. The number of thioether (sulfide) groups is 1. The molecule has 2 N–H and O–H groups in total. The van der Waals surface area contributed by atoms with Gasteiger partial charge in [0.25, 0.3) is 5.92 Å². The van der Waals surface area contributed by atoms with Crippen LogP contribution in [0.25, 0.3) is 11.0 Å². The van der Waals surface area contributed by atoms with Gasteiger partial charge in [-0.2, -0.15) is 0 Å². The molecule has 3 aromatic rings. The van der Waals surface area contributed by atoms with Crippen LogP contribution in [0.5, 0.6) is 0 Å². The number of hydrogen-bond donors (Lipinski definition) is 2. The summed E-state index contributed by atoms with van der Waals surface area (Å²) < 4.78 is 30.4. The van der Waals surface area contributed by atoms with Crippen LogP contribution in [0.2, 0.25) is 0 Å². The number of fused-ring (bicyclic) bond motifs is 1. The molecule has 1 aromatic carbocycles. The van der Waals surface area contributed by atoms with Crippen LogP contribution in [-0.2, 0) is 4.79 Å². The Balaban J connectivity index is 0.000000243. The van der Waals surface area contributed by atoms with Gasteiger partial charge >= 0.3 is 0 Å². The third-order valence-corrected chi connectivity index (χ3v) is 5.47. The molecule has 1 saturated heterocycles. The summed E-state index contributed by atoms with van der Waals surface area (Å²) in [6, 6.07) is 9.74. The molecule has 1 aliphatic rings. The van der Waals surface area contributed by atoms with Gasteiger partial charge in [0.1, 0.15) is 11.8 Å². The number of hydrogen-bond acceptors (Lipinski definition) is 6. The highest BCUT2D eigenvalue weighted by molar-refractivity contribution is 7.98. The second kappa shape index (κ2) is 10.6. The number of anilines is 1. The SMILES string of the molecule is CSCNc1cc(C)ncc1C(=N)c1coc2ccccc12.O=CN1CCCC(F)(F)C1. The summed E-state index contributed by atoms with van der Waals surface area (Å²) in [5, 5.41) is 12.9. The molecule has 1 fully saturated rings. The molecule has 4 rings (SSSR count). The van der Waals surface area contributed by atoms with Crippen molar-refractivity contribution in [3.8, 4) is 0 Å². The molecule has 1 amide bonds. The minimum absolute atomic E-state index is 0.0860. The Labute approximate surface area is 189 Å². The van der Waals surface area contributed by atoms with Crippen molar-refractivity contribution in [2.24, 2.45) is 0 Å². The van der Waals surface area contributed by atoms with E-state index in [9.17, 15) is 13.6 Å². The number of alkyl halides is 2. The maximum absolute atomic E-state index is 12.4. The van der Waals surface area contributed by atoms with Gasteiger partial charge in [-0.3, -0.25) is 15.2 Å². The lowest BCUT2D eigenvalue weighted by molar-refractivity contribution is -0.128. The molecule has 0 spiro atoms. The van der Waals surface area contributed by atoms with Crippen LogP contribution in [0.3, 0.4) is 0 Å². The molecule has 0 aliphatic carbocycles. The number of amides is 1. The summed E-state index contributed by atoms with van der Waals surface area (Å²) in [5.41, 5.74) is 4.64. The number of aryl methyl sites for hydroxylation is 1. The average molecular weight is 461 g/mol. The van der Waals surface area contributed by atoms with E-state index in [-0.39, 0.29) is 6.42 Å². The lowest BCUT2D eigenvalue weighted by Crippen LogP contribution is -2.41. The number of furan rings is 1. The normalized spacial score (nSPS) is 15.1. The molecule has 2 aromatic heterocycles. The van der Waals surface area contributed by atoms with Crippen LogP contribution in [0.15, 0.2) is 47.2 Å². The number of pyridine rings is 1. The van der Waals surface area contributed by atoms with Crippen molar-refractivity contribution >= 4 is 40.5 Å². The number of carbonyl (C=O) groups is 1. The van der Waals surface area contributed by atoms with Gasteiger partial charge in [-0.05, 0) is 31.7 Å². The molecular formula is C23H26F2N4O2S. The Morgan fingerprint density at radius 1 is 1.38 bits per heavy atom. The zero-order chi connectivity index (χ0) is 23.1. The molecule has 3 heterocycles. The molecular weight excluding hydrogens is 434 g/mol. The van der Waals surface area contributed by atoms with E-state index in [4.69, 9.17) is 9.83 Å². The maximum atomic E-state index is 12.4. The second-order valence-corrected chi connectivity index (χ2v) is 8.40. The van der Waals surface area contributed by atoms with Crippen molar-refractivity contribution in [3.63, 3.8) is 0 Å². The highest BCUT2D eigenvalue weighted by atomic mass is 32.2. The Morgan fingerprint density at radius 2 is 2.16 bits per heavy atom. The molecule has 0 bridgehead atoms. The standard InChI is InChI=1S/C17H17N3OS.C6H9F2NO/c1-11-7-15(20-10-22-2)13(8-19-11)17(18)14-9-21-16-6-4-3-5-12(14)16;7-6(8)2-1-3-9(4-6)5-10/h3-9,18H,10H2,1-2H3,(H,19,20);5H,1-4H2. The molecule has 170 valence electrons. The summed E-state index contributed by atoms with van der Waals surface area (Å²) >= 11 is 1.70. The van der Waals surface area contributed by atoms with E-state index in [0.717, 1.165) is 44.3 Å². The number of nitrogens with one attached hydrogen (secondary N) is 2. The van der Waals surface area contributed by atoms with Gasteiger partial charge in [0.2, 0.25) is 6.41 Å². The summed E-state index contributed by atoms with van der Waals surface area (Å²) in [7, 11) is 0. The minimum atomic E-state index is -2.65. The van der Waals surface area contributed by atoms with Crippen molar-refractivity contribution in [1.82, 2.24) is 9.88 Å². The Bertz CT molecular complexity index is 1090. The molecule has 0 unspecified atom stereocenters. The third kappa shape index (κ3) is 5.85. The van der Waals surface area contributed by atoms with Crippen LogP contribution in [0, 0.1) is 12.3 Å². The van der Waals surface area contributed by atoms with Gasteiger partial charge in [0.15, 0.2) is 0 Å². The fourth-order valence-corrected chi connectivity index (χ4v) is 3.76. The topological polar surface area (TPSA) is 82.2 Å². The predicted molar refractivity (Wildman–Crippen MR) is 125 cm³/mol. The van der Waals surface area contributed by atoms with Crippen molar-refractivity contribution in [2.75, 3.05) is 30.5 Å². The fraction of sp³-hybridized carbons (Fsp3) is 0.348. The van der Waals surface area contributed by atoms with Gasteiger partial charge in [0.05, 0.1) is 18.1 Å². The van der Waals surface area contributed by atoms with Crippen LogP contribution >= 0.6 is 11.8 Å². The van der Waals surface area contributed by atoms with Gasteiger partial charge in [-0.25, -0.2) is 8.78 Å². The molecule has 0 saturated carbocycles. The van der Waals surface area contributed by atoms with Crippen molar-refractivity contribution < 1.29 is 18.0 Å². The number of aromatic nitrogens is 1. The predicted octanol–water partition coefficient (Wildman–Crippen LogP) is 5.16. The zero-order valence-electron chi connectivity index (χ0n) is 18.0. The first-order chi connectivity index (χ1) is 15.3. The number of benzene rings is 1. The number of rotatable bonds is 6. The summed E-state index contributed by atoms with van der Waals surface area (Å²) in [6.45, 7) is 2.01. The van der Waals surface area contributed by atoms with E-state index in [2.05, 4.69) is 10.3 Å². The molecule has 32 heavy (non-hydrogen) atoms. The van der Waals surface area contributed by atoms with Gasteiger partial charge in [-0.15, -0.1) is 11.8 Å². The van der Waals surface area contributed by atoms with E-state index in [1.54, 1.807) is 24.2 Å². The number of piperidine rings is 1. The first-order valence-corrected chi connectivity index (χ1v) is 11.6. The lowest BCUT2D eigenvalue weighted by Gasteiger charge is -2.29. The van der Waals surface area contributed by atoms with E-state index >= 15 is 0 Å². The average Bonchev–Trinajstić information content (AvgIpc) is 3.21. The number of nitrogens with zero attached hydrogens (tertiary/aromatic N) is 2. The molecule has 0 radical (unpaired) electrons. The van der Waals surface area contributed by atoms with Crippen LogP contribution < -0.4 is 5.32 Å². The maximum Gasteiger partial charge on any atom is 0.265 e. The van der Waals surface area contributed by atoms with Gasteiger partial charge in [0, 0.05) is 47.1 Å². The van der Waals surface area contributed by atoms with E-state index in [1.165, 1.54) is 0 Å². The molecule has 6 nitrogen and oxygen atoms in total. The molecule has 0 atom stereocenters. The van der Waals surface area contributed by atoms with Crippen LogP contribution in [0.1, 0.15) is 29.7 Å². The number of halogens is 2. The van der Waals surface area contributed by atoms with Gasteiger partial charge < -0.3 is 14.6 Å². The zero-order valence-corrected chi connectivity index (χ0v) is 18.8. The number of carbonyl (C=O) groups excluding carboxylic acids is 1.